The summed E-state index contributed by atoms with van der Waals surface area (Å²) in [6.07, 6.45) is 0.981. The second-order valence-corrected chi connectivity index (χ2v) is 6.13. The van der Waals surface area contributed by atoms with Crippen LogP contribution in [-0.2, 0) is 13.6 Å². The molecule has 0 heterocycles. The van der Waals surface area contributed by atoms with Gasteiger partial charge in [0.2, 0.25) is 0 Å². The van der Waals surface area contributed by atoms with Gasteiger partial charge in [-0.05, 0) is 27.7 Å². The molecule has 0 saturated carbocycles. The first-order chi connectivity index (χ1) is 6.81. The average molecular weight is 256 g/mol. The van der Waals surface area contributed by atoms with Crippen LogP contribution < -0.4 is 5.32 Å². The van der Waals surface area contributed by atoms with E-state index in [2.05, 4.69) is 5.32 Å². The molecule has 90 valence electrons. The van der Waals surface area contributed by atoms with Crippen LogP contribution in [0.1, 0.15) is 27.7 Å². The SMILES string of the molecule is CN/C=C(\Cl)P(=O)(OC(C)C)OC(C)C. The summed E-state index contributed by atoms with van der Waals surface area (Å²) in [5, 5.41) is 2.69. The molecule has 0 aromatic heterocycles. The van der Waals surface area contributed by atoms with Crippen molar-refractivity contribution >= 4 is 19.2 Å². The van der Waals surface area contributed by atoms with Crippen molar-refractivity contribution < 1.29 is 13.6 Å². The van der Waals surface area contributed by atoms with Gasteiger partial charge in [-0.15, -0.1) is 0 Å². The third kappa shape index (κ3) is 5.57. The largest absolute Gasteiger partial charge is 0.393 e. The number of halogens is 1. The van der Waals surface area contributed by atoms with E-state index < -0.39 is 7.60 Å². The Balaban J connectivity index is 4.85. The summed E-state index contributed by atoms with van der Waals surface area (Å²) < 4.78 is 22.8. The fourth-order valence-electron chi connectivity index (χ4n) is 0.879. The molecule has 0 radical (unpaired) electrons. The fourth-order valence-corrected chi connectivity index (χ4v) is 2.88. The number of nitrogens with one attached hydrogen (secondary N) is 1. The highest BCUT2D eigenvalue weighted by Crippen LogP contribution is 2.59. The monoisotopic (exact) mass is 255 g/mol. The zero-order valence-electron chi connectivity index (χ0n) is 9.78. The molecular formula is C9H19ClNO3P. The van der Waals surface area contributed by atoms with E-state index in [1.165, 1.54) is 6.20 Å². The average Bonchev–Trinajstić information content (AvgIpc) is 2.01. The van der Waals surface area contributed by atoms with Crippen LogP contribution in [0.4, 0.5) is 0 Å². The van der Waals surface area contributed by atoms with Crippen LogP contribution in [0, 0.1) is 0 Å². The van der Waals surface area contributed by atoms with Crippen molar-refractivity contribution in [2.75, 3.05) is 7.05 Å². The van der Waals surface area contributed by atoms with E-state index in [0.717, 1.165) is 0 Å². The standard InChI is InChI=1S/C9H19ClNO3P/c1-7(2)13-15(12,14-8(3)4)9(10)6-11-5/h6-8,11H,1-5H3/b9-6+. The minimum Gasteiger partial charge on any atom is -0.393 e. The van der Waals surface area contributed by atoms with E-state index in [0.29, 0.717) is 0 Å². The molecule has 1 N–H and O–H groups in total. The minimum atomic E-state index is -3.38. The lowest BCUT2D eigenvalue weighted by Crippen LogP contribution is -2.09. The molecule has 0 aromatic carbocycles. The van der Waals surface area contributed by atoms with Crippen molar-refractivity contribution in [3.05, 3.63) is 11.0 Å². The first kappa shape index (κ1) is 15.0. The van der Waals surface area contributed by atoms with Gasteiger partial charge >= 0.3 is 7.60 Å². The molecule has 15 heavy (non-hydrogen) atoms. The van der Waals surface area contributed by atoms with E-state index in [-0.39, 0.29) is 17.0 Å². The van der Waals surface area contributed by atoms with Gasteiger partial charge in [-0.1, -0.05) is 11.6 Å². The lowest BCUT2D eigenvalue weighted by molar-refractivity contribution is 0.148. The number of hydrogen-bond acceptors (Lipinski definition) is 4. The highest BCUT2D eigenvalue weighted by Gasteiger charge is 2.31. The molecule has 6 heteroatoms. The topological polar surface area (TPSA) is 47.6 Å². The van der Waals surface area contributed by atoms with E-state index in [9.17, 15) is 4.57 Å². The molecule has 0 bridgehead atoms. The Kier molecular flexibility index (Phi) is 6.53. The van der Waals surface area contributed by atoms with Gasteiger partial charge in [0.05, 0.1) is 12.2 Å². The van der Waals surface area contributed by atoms with Crippen LogP contribution in [0.15, 0.2) is 11.0 Å². The summed E-state index contributed by atoms with van der Waals surface area (Å²) in [4.78, 5) is 0. The lowest BCUT2D eigenvalue weighted by atomic mass is 10.5. The fraction of sp³-hybridized carbons (Fsp3) is 0.778. The van der Waals surface area contributed by atoms with Gasteiger partial charge in [-0.2, -0.15) is 0 Å². The molecule has 0 rings (SSSR count). The molecule has 0 saturated heterocycles. The lowest BCUT2D eigenvalue weighted by Gasteiger charge is -2.21. The third-order valence-corrected chi connectivity index (χ3v) is 4.01. The van der Waals surface area contributed by atoms with E-state index >= 15 is 0 Å². The predicted molar refractivity (Wildman–Crippen MR) is 63.0 cm³/mol. The molecule has 0 aliphatic carbocycles. The van der Waals surface area contributed by atoms with E-state index in [4.69, 9.17) is 20.6 Å². The Morgan fingerprint density at radius 1 is 1.27 bits per heavy atom. The van der Waals surface area contributed by atoms with Crippen LogP contribution in [0.2, 0.25) is 0 Å². The van der Waals surface area contributed by atoms with E-state index in [1.807, 2.05) is 0 Å². The highest BCUT2D eigenvalue weighted by atomic mass is 35.5. The Morgan fingerprint density at radius 3 is 1.93 bits per heavy atom. The Bertz CT molecular complexity index is 252. The van der Waals surface area contributed by atoms with Gasteiger partial charge < -0.3 is 14.4 Å². The zero-order valence-corrected chi connectivity index (χ0v) is 11.4. The number of rotatable bonds is 6. The van der Waals surface area contributed by atoms with Crippen LogP contribution in [0.3, 0.4) is 0 Å². The first-order valence-corrected chi connectivity index (χ1v) is 6.74. The van der Waals surface area contributed by atoms with Crippen molar-refractivity contribution in [2.45, 2.75) is 39.9 Å². The summed E-state index contributed by atoms with van der Waals surface area (Å²) in [5.41, 5.74) is 0. The highest BCUT2D eigenvalue weighted by molar-refractivity contribution is 7.61. The summed E-state index contributed by atoms with van der Waals surface area (Å²) in [5.74, 6) is 0. The third-order valence-electron chi connectivity index (χ3n) is 1.22. The van der Waals surface area contributed by atoms with Crippen LogP contribution >= 0.6 is 19.2 Å². The molecule has 4 nitrogen and oxygen atoms in total. The molecule has 0 spiro atoms. The van der Waals surface area contributed by atoms with Gasteiger partial charge in [0, 0.05) is 13.2 Å². The van der Waals surface area contributed by atoms with Crippen molar-refractivity contribution in [1.29, 1.82) is 0 Å². The Labute approximate surface area is 96.5 Å². The van der Waals surface area contributed by atoms with Gasteiger partial charge in [0.15, 0.2) is 0 Å². The Hall–Kier alpha value is -0.0200. The maximum atomic E-state index is 12.2. The quantitative estimate of drug-likeness (QED) is 0.740. The van der Waals surface area contributed by atoms with Crippen LogP contribution in [0.25, 0.3) is 0 Å². The van der Waals surface area contributed by atoms with Crippen molar-refractivity contribution in [2.24, 2.45) is 0 Å². The minimum absolute atomic E-state index is 0.0624. The summed E-state index contributed by atoms with van der Waals surface area (Å²) in [6.45, 7) is 7.11. The maximum Gasteiger partial charge on any atom is 0.374 e. The van der Waals surface area contributed by atoms with Crippen molar-refractivity contribution in [3.8, 4) is 0 Å². The summed E-state index contributed by atoms with van der Waals surface area (Å²) in [7, 11) is -1.71. The molecule has 0 unspecified atom stereocenters. The first-order valence-electron chi connectivity index (χ1n) is 4.82. The van der Waals surface area contributed by atoms with Crippen LogP contribution in [-0.4, -0.2) is 19.3 Å². The Morgan fingerprint density at radius 2 is 1.67 bits per heavy atom. The second kappa shape index (κ2) is 6.54. The van der Waals surface area contributed by atoms with Gasteiger partial charge in [-0.3, -0.25) is 4.57 Å². The second-order valence-electron chi connectivity index (χ2n) is 3.56. The van der Waals surface area contributed by atoms with Gasteiger partial charge in [-0.25, -0.2) is 0 Å². The molecular weight excluding hydrogens is 237 g/mol. The van der Waals surface area contributed by atoms with Gasteiger partial charge in [0.25, 0.3) is 0 Å². The van der Waals surface area contributed by atoms with Crippen molar-refractivity contribution in [1.82, 2.24) is 5.32 Å². The van der Waals surface area contributed by atoms with Crippen molar-refractivity contribution in [3.63, 3.8) is 0 Å². The van der Waals surface area contributed by atoms with Gasteiger partial charge in [0.1, 0.15) is 4.77 Å². The maximum absolute atomic E-state index is 12.2. The molecule has 0 aliphatic heterocycles. The number of hydrogen-bond donors (Lipinski definition) is 1. The molecule has 0 aliphatic rings. The smallest absolute Gasteiger partial charge is 0.374 e. The normalized spacial score (nSPS) is 13.7. The molecule has 0 amide bonds. The zero-order chi connectivity index (χ0) is 12.1. The molecule has 0 aromatic rings. The molecule has 0 fully saturated rings. The summed E-state index contributed by atoms with van der Waals surface area (Å²) >= 11 is 5.86. The summed E-state index contributed by atoms with van der Waals surface area (Å²) in [6, 6.07) is 0. The predicted octanol–water partition coefficient (Wildman–Crippen LogP) is 3.29. The van der Waals surface area contributed by atoms with E-state index in [1.54, 1.807) is 34.7 Å². The van der Waals surface area contributed by atoms with Crippen LogP contribution in [0.5, 0.6) is 0 Å². The molecule has 0 atom stereocenters.